The van der Waals surface area contributed by atoms with Crippen LogP contribution in [0.15, 0.2) is 24.3 Å². The van der Waals surface area contributed by atoms with Crippen molar-refractivity contribution >= 4 is 11.8 Å². The van der Waals surface area contributed by atoms with Crippen LogP contribution >= 0.6 is 0 Å². The highest BCUT2D eigenvalue weighted by atomic mass is 19.4. The predicted octanol–water partition coefficient (Wildman–Crippen LogP) is 2.88. The normalized spacial score (nSPS) is 11.1. The summed E-state index contributed by atoms with van der Waals surface area (Å²) in [5.41, 5.74) is 0.151. The monoisotopic (exact) mass is 219 g/mol. The van der Waals surface area contributed by atoms with E-state index >= 15 is 0 Å². The quantitative estimate of drug-likeness (QED) is 0.803. The highest BCUT2D eigenvalue weighted by Crippen LogP contribution is 2.22. The molecular weight excluding hydrogens is 211 g/mol. The van der Waals surface area contributed by atoms with Gasteiger partial charge in [0, 0.05) is 5.69 Å². The van der Waals surface area contributed by atoms with Crippen LogP contribution < -0.4 is 5.32 Å². The van der Waals surface area contributed by atoms with Gasteiger partial charge in [-0.25, -0.2) is 4.79 Å². The van der Waals surface area contributed by atoms with Crippen LogP contribution in [0.2, 0.25) is 0 Å². The molecule has 2 N–H and O–H groups in total. The van der Waals surface area contributed by atoms with E-state index < -0.39 is 18.7 Å². The summed E-state index contributed by atoms with van der Waals surface area (Å²) in [6, 6.07) is 5.20. The van der Waals surface area contributed by atoms with Crippen LogP contribution in [0.5, 0.6) is 0 Å². The van der Waals surface area contributed by atoms with Crippen LogP contribution in [0, 0.1) is 0 Å². The van der Waals surface area contributed by atoms with E-state index in [2.05, 4.69) is 0 Å². The molecule has 82 valence electrons. The Morgan fingerprint density at radius 2 is 2.07 bits per heavy atom. The van der Waals surface area contributed by atoms with E-state index in [0.717, 1.165) is 6.07 Å². The Hall–Kier alpha value is -1.72. The number of alkyl halides is 3. The molecule has 0 atom stereocenters. The zero-order valence-corrected chi connectivity index (χ0v) is 7.51. The highest BCUT2D eigenvalue weighted by molar-refractivity contribution is 5.82. The van der Waals surface area contributed by atoms with E-state index in [1.54, 1.807) is 0 Å². The van der Waals surface area contributed by atoms with Gasteiger partial charge in [-0.05, 0) is 17.7 Å². The van der Waals surface area contributed by atoms with Crippen molar-refractivity contribution in [3.63, 3.8) is 0 Å². The number of carboxylic acid groups (broad SMARTS) is 1. The minimum absolute atomic E-state index is 0.0220. The Labute approximate surface area is 83.5 Å². The first-order chi connectivity index (χ1) is 6.87. The first kappa shape index (κ1) is 11.4. The van der Waals surface area contributed by atoms with Gasteiger partial charge in [0.25, 0.3) is 0 Å². The molecule has 0 radical (unpaired) electrons. The lowest BCUT2D eigenvalue weighted by Gasteiger charge is -2.07. The molecule has 0 bridgehead atoms. The summed E-state index contributed by atoms with van der Waals surface area (Å²) in [7, 11) is 0. The summed E-state index contributed by atoms with van der Waals surface area (Å²) >= 11 is 0. The van der Waals surface area contributed by atoms with E-state index in [0.29, 0.717) is 0 Å². The molecule has 0 aliphatic carbocycles. The molecule has 0 saturated heterocycles. The summed E-state index contributed by atoms with van der Waals surface area (Å²) in [4.78, 5) is 10.2. The second kappa shape index (κ2) is 4.20. The molecule has 6 heteroatoms. The smallest absolute Gasteiger partial charge is 0.409 e. The number of halogens is 3. The molecule has 0 spiro atoms. The number of anilines is 1. The van der Waals surface area contributed by atoms with Crippen molar-refractivity contribution in [2.75, 3.05) is 5.32 Å². The molecule has 0 unspecified atom stereocenters. The zero-order valence-electron chi connectivity index (χ0n) is 7.51. The summed E-state index contributed by atoms with van der Waals surface area (Å²) in [5, 5.41) is 10.3. The third kappa shape index (κ3) is 4.35. The molecule has 0 fully saturated rings. The molecule has 0 aliphatic heterocycles. The highest BCUT2D eigenvalue weighted by Gasteiger charge is 2.27. The van der Waals surface area contributed by atoms with Crippen molar-refractivity contribution in [2.45, 2.75) is 12.6 Å². The number of hydrogen-bond acceptors (Lipinski definition) is 1. The van der Waals surface area contributed by atoms with Crippen molar-refractivity contribution in [3.05, 3.63) is 29.8 Å². The SMILES string of the molecule is O=C(O)Nc1cccc(CC(F)(F)F)c1. The van der Waals surface area contributed by atoms with Gasteiger partial charge in [0.15, 0.2) is 0 Å². The number of carbonyl (C=O) groups is 1. The first-order valence-corrected chi connectivity index (χ1v) is 4.02. The van der Waals surface area contributed by atoms with Crippen LogP contribution in [0.3, 0.4) is 0 Å². The largest absolute Gasteiger partial charge is 0.465 e. The second-order valence-corrected chi connectivity index (χ2v) is 2.92. The third-order valence-electron chi connectivity index (χ3n) is 1.58. The van der Waals surface area contributed by atoms with Crippen LogP contribution in [0.25, 0.3) is 0 Å². The van der Waals surface area contributed by atoms with Gasteiger partial charge < -0.3 is 5.11 Å². The van der Waals surface area contributed by atoms with E-state index in [-0.39, 0.29) is 11.3 Å². The van der Waals surface area contributed by atoms with E-state index in [4.69, 9.17) is 5.11 Å². The number of rotatable bonds is 2. The molecule has 3 nitrogen and oxygen atoms in total. The topological polar surface area (TPSA) is 49.3 Å². The van der Waals surface area contributed by atoms with Crippen LogP contribution in [-0.4, -0.2) is 17.4 Å². The van der Waals surface area contributed by atoms with Crippen molar-refractivity contribution < 1.29 is 23.1 Å². The average Bonchev–Trinajstić information content (AvgIpc) is 1.99. The Kier molecular flexibility index (Phi) is 3.18. The number of benzene rings is 1. The Bertz CT molecular complexity index is 363. The Morgan fingerprint density at radius 1 is 1.40 bits per heavy atom. The van der Waals surface area contributed by atoms with Gasteiger partial charge in [-0.2, -0.15) is 13.2 Å². The molecule has 0 saturated carbocycles. The third-order valence-corrected chi connectivity index (χ3v) is 1.58. The zero-order chi connectivity index (χ0) is 11.5. The van der Waals surface area contributed by atoms with Crippen molar-refractivity contribution in [3.8, 4) is 0 Å². The van der Waals surface area contributed by atoms with Crippen molar-refractivity contribution in [1.82, 2.24) is 0 Å². The number of amides is 1. The summed E-state index contributed by atoms with van der Waals surface area (Å²) < 4.78 is 36.0. The fourth-order valence-electron chi connectivity index (χ4n) is 1.11. The molecular formula is C9H8F3NO2. The molecule has 1 aromatic rings. The van der Waals surface area contributed by atoms with Crippen molar-refractivity contribution in [2.24, 2.45) is 0 Å². The molecule has 1 amide bonds. The first-order valence-electron chi connectivity index (χ1n) is 4.02. The summed E-state index contributed by atoms with van der Waals surface area (Å²) in [5.74, 6) is 0. The lowest BCUT2D eigenvalue weighted by atomic mass is 10.1. The fraction of sp³-hybridized carbons (Fsp3) is 0.222. The van der Waals surface area contributed by atoms with Gasteiger partial charge in [-0.15, -0.1) is 0 Å². The standard InChI is InChI=1S/C9H8F3NO2/c10-9(11,12)5-6-2-1-3-7(4-6)13-8(14)15/h1-4,13H,5H2,(H,14,15). The minimum Gasteiger partial charge on any atom is -0.465 e. The maximum Gasteiger partial charge on any atom is 0.409 e. The molecule has 1 aromatic carbocycles. The molecule has 0 aromatic heterocycles. The lowest BCUT2D eigenvalue weighted by molar-refractivity contribution is -0.127. The van der Waals surface area contributed by atoms with E-state index in [1.807, 2.05) is 5.32 Å². The molecule has 0 aliphatic rings. The number of nitrogens with one attached hydrogen (secondary N) is 1. The van der Waals surface area contributed by atoms with Crippen LogP contribution in [-0.2, 0) is 6.42 Å². The van der Waals surface area contributed by atoms with Crippen LogP contribution in [0.4, 0.5) is 23.7 Å². The number of hydrogen-bond donors (Lipinski definition) is 2. The maximum absolute atomic E-state index is 12.0. The summed E-state index contributed by atoms with van der Waals surface area (Å²) in [6.07, 6.45) is -6.66. The van der Waals surface area contributed by atoms with Gasteiger partial charge in [0.2, 0.25) is 0 Å². The summed E-state index contributed by atoms with van der Waals surface area (Å²) in [6.45, 7) is 0. The molecule has 0 heterocycles. The molecule has 15 heavy (non-hydrogen) atoms. The van der Waals surface area contributed by atoms with Gasteiger partial charge in [0.1, 0.15) is 0 Å². The van der Waals surface area contributed by atoms with Crippen molar-refractivity contribution in [1.29, 1.82) is 0 Å². The second-order valence-electron chi connectivity index (χ2n) is 2.92. The van der Waals surface area contributed by atoms with Gasteiger partial charge in [-0.3, -0.25) is 5.32 Å². The van der Waals surface area contributed by atoms with E-state index in [9.17, 15) is 18.0 Å². The minimum atomic E-state index is -4.29. The fourth-order valence-corrected chi connectivity index (χ4v) is 1.11. The molecule has 1 rings (SSSR count). The van der Waals surface area contributed by atoms with Gasteiger partial charge in [-0.1, -0.05) is 12.1 Å². The average molecular weight is 219 g/mol. The lowest BCUT2D eigenvalue weighted by Crippen LogP contribution is -2.12. The van der Waals surface area contributed by atoms with Gasteiger partial charge in [0.05, 0.1) is 6.42 Å². The van der Waals surface area contributed by atoms with Gasteiger partial charge >= 0.3 is 12.3 Å². The predicted molar refractivity (Wildman–Crippen MR) is 47.8 cm³/mol. The Morgan fingerprint density at radius 3 is 2.60 bits per heavy atom. The van der Waals surface area contributed by atoms with Crippen LogP contribution in [0.1, 0.15) is 5.56 Å². The maximum atomic E-state index is 12.0. The van der Waals surface area contributed by atoms with E-state index in [1.165, 1.54) is 18.2 Å². The Balaban J connectivity index is 2.79.